The van der Waals surface area contributed by atoms with Crippen molar-refractivity contribution >= 4 is 65.4 Å². The quantitative estimate of drug-likeness (QED) is 0.188. The predicted molar refractivity (Wildman–Crippen MR) is 215 cm³/mol. The molecule has 0 atom stereocenters. The summed E-state index contributed by atoms with van der Waals surface area (Å²) in [5.74, 6) is 0.672. The molecule has 0 saturated carbocycles. The van der Waals surface area contributed by atoms with Crippen molar-refractivity contribution in [1.82, 2.24) is 14.5 Å². The van der Waals surface area contributed by atoms with Crippen LogP contribution in [0.3, 0.4) is 0 Å². The lowest BCUT2D eigenvalue weighted by Crippen LogP contribution is -1.96. The van der Waals surface area contributed by atoms with Gasteiger partial charge in [0.05, 0.1) is 22.2 Å². The van der Waals surface area contributed by atoms with Gasteiger partial charge in [0, 0.05) is 49.8 Å². The number of benzene rings is 8. The highest BCUT2D eigenvalue weighted by Gasteiger charge is 2.20. The third-order valence-electron chi connectivity index (χ3n) is 10.4. The van der Waals surface area contributed by atoms with E-state index in [0.29, 0.717) is 5.82 Å². The minimum Gasteiger partial charge on any atom is -0.456 e. The van der Waals surface area contributed by atoms with E-state index in [4.69, 9.17) is 14.4 Å². The van der Waals surface area contributed by atoms with Crippen molar-refractivity contribution in [3.63, 3.8) is 0 Å². The van der Waals surface area contributed by atoms with Crippen LogP contribution >= 0.6 is 0 Å². The molecule has 52 heavy (non-hydrogen) atoms. The lowest BCUT2D eigenvalue weighted by atomic mass is 9.97. The van der Waals surface area contributed by atoms with Gasteiger partial charge in [0.25, 0.3) is 0 Å². The summed E-state index contributed by atoms with van der Waals surface area (Å²) in [6, 6.07) is 61.8. The predicted octanol–water partition coefficient (Wildman–Crippen LogP) is 12.8. The van der Waals surface area contributed by atoms with Crippen LogP contribution in [0.25, 0.3) is 105 Å². The van der Waals surface area contributed by atoms with Crippen molar-refractivity contribution in [2.24, 2.45) is 0 Å². The van der Waals surface area contributed by atoms with E-state index >= 15 is 0 Å². The first-order valence-electron chi connectivity index (χ1n) is 17.6. The maximum absolute atomic E-state index is 6.77. The Morgan fingerprint density at radius 3 is 1.75 bits per heavy atom. The van der Waals surface area contributed by atoms with Gasteiger partial charge in [-0.15, -0.1) is 0 Å². The molecule has 11 rings (SSSR count). The average molecular weight is 664 g/mol. The first kappa shape index (κ1) is 28.8. The van der Waals surface area contributed by atoms with Crippen LogP contribution in [0.2, 0.25) is 0 Å². The van der Waals surface area contributed by atoms with Gasteiger partial charge < -0.3 is 8.98 Å². The van der Waals surface area contributed by atoms with Gasteiger partial charge in [0.1, 0.15) is 11.2 Å². The van der Waals surface area contributed by atoms with E-state index < -0.39 is 0 Å². The molecule has 0 aliphatic rings. The third-order valence-corrected chi connectivity index (χ3v) is 10.4. The second kappa shape index (κ2) is 11.2. The molecule has 4 nitrogen and oxygen atoms in total. The van der Waals surface area contributed by atoms with Gasteiger partial charge in [0.2, 0.25) is 0 Å². The maximum Gasteiger partial charge on any atom is 0.161 e. The molecule has 0 saturated heterocycles. The molecule has 0 N–H and O–H groups in total. The fraction of sp³-hybridized carbons (Fsp3) is 0. The summed E-state index contributed by atoms with van der Waals surface area (Å²) in [4.78, 5) is 10.5. The zero-order valence-corrected chi connectivity index (χ0v) is 28.0. The molecule has 4 heteroatoms. The molecule has 0 spiro atoms. The number of nitrogens with zero attached hydrogens (tertiary/aromatic N) is 3. The molecule has 0 radical (unpaired) electrons. The molecular formula is C48H29N3O. The highest BCUT2D eigenvalue weighted by atomic mass is 16.3. The molecule has 0 aliphatic carbocycles. The lowest BCUT2D eigenvalue weighted by Gasteiger charge is -2.12. The Labute approximate surface area is 298 Å². The molecule has 0 fully saturated rings. The van der Waals surface area contributed by atoms with Crippen LogP contribution in [0.4, 0.5) is 0 Å². The topological polar surface area (TPSA) is 43.9 Å². The zero-order chi connectivity index (χ0) is 34.2. The number of para-hydroxylation sites is 3. The van der Waals surface area contributed by atoms with Crippen LogP contribution in [0.5, 0.6) is 0 Å². The third kappa shape index (κ3) is 4.34. The van der Waals surface area contributed by atoms with E-state index in [-0.39, 0.29) is 0 Å². The summed E-state index contributed by atoms with van der Waals surface area (Å²) in [7, 11) is 0. The smallest absolute Gasteiger partial charge is 0.161 e. The number of hydrogen-bond acceptors (Lipinski definition) is 3. The zero-order valence-electron chi connectivity index (χ0n) is 28.0. The Hall–Kier alpha value is -7.04. The van der Waals surface area contributed by atoms with Gasteiger partial charge in [-0.25, -0.2) is 9.97 Å². The highest BCUT2D eigenvalue weighted by molar-refractivity contribution is 6.22. The summed E-state index contributed by atoms with van der Waals surface area (Å²) < 4.78 is 9.11. The number of hydrogen-bond donors (Lipinski definition) is 0. The van der Waals surface area contributed by atoms with Crippen molar-refractivity contribution < 1.29 is 4.42 Å². The second-order valence-corrected chi connectivity index (χ2v) is 13.4. The van der Waals surface area contributed by atoms with E-state index in [1.165, 1.54) is 32.9 Å². The van der Waals surface area contributed by atoms with Crippen molar-refractivity contribution in [2.45, 2.75) is 0 Å². The van der Waals surface area contributed by atoms with Crippen LogP contribution in [-0.4, -0.2) is 14.5 Å². The van der Waals surface area contributed by atoms with E-state index in [2.05, 4.69) is 168 Å². The maximum atomic E-state index is 6.77. The van der Waals surface area contributed by atoms with Gasteiger partial charge in [-0.1, -0.05) is 133 Å². The van der Waals surface area contributed by atoms with Gasteiger partial charge in [0.15, 0.2) is 5.82 Å². The fourth-order valence-electron chi connectivity index (χ4n) is 8.02. The van der Waals surface area contributed by atoms with Crippen LogP contribution in [0.1, 0.15) is 0 Å². The van der Waals surface area contributed by atoms with Crippen molar-refractivity contribution in [3.05, 3.63) is 176 Å². The Kier molecular flexibility index (Phi) is 6.22. The minimum atomic E-state index is 0.672. The number of aromatic nitrogens is 3. The SMILES string of the molecule is c1ccc(-c2ccc(-c3nc(-c4cc5oc6cc(-n7c8ccccc8c8ccccc87)ccc6c5c5ccccc45)nc4ccccc34)cc2)cc1. The van der Waals surface area contributed by atoms with Crippen LogP contribution in [0.15, 0.2) is 180 Å². The average Bonchev–Trinajstić information content (AvgIpc) is 3.76. The standard InChI is InChI=1S/C48H29N3O/c1-2-12-30(13-3-1)31-22-24-32(25-23-31)47-38-18-6-9-19-41(38)49-48(50-47)40-29-45-46(37-17-5-4-14-34(37)40)39-27-26-33(28-44(39)52-45)51-42-20-10-7-15-35(42)36-16-8-11-21-43(36)51/h1-29H. The Balaban J connectivity index is 1.11. The molecule has 0 bridgehead atoms. The number of fused-ring (bicyclic) bond motifs is 9. The first-order chi connectivity index (χ1) is 25.8. The molecule has 3 heterocycles. The highest BCUT2D eigenvalue weighted by Crippen LogP contribution is 2.42. The van der Waals surface area contributed by atoms with E-state index in [1.54, 1.807) is 0 Å². The Bertz CT molecular complexity index is 3120. The van der Waals surface area contributed by atoms with Crippen molar-refractivity contribution in [2.75, 3.05) is 0 Å². The number of rotatable bonds is 4. The van der Waals surface area contributed by atoms with Crippen LogP contribution in [-0.2, 0) is 0 Å². The normalized spacial score (nSPS) is 11.8. The molecule has 11 aromatic rings. The largest absolute Gasteiger partial charge is 0.456 e. The van der Waals surface area contributed by atoms with Gasteiger partial charge in [-0.2, -0.15) is 0 Å². The van der Waals surface area contributed by atoms with E-state index in [9.17, 15) is 0 Å². The Morgan fingerprint density at radius 2 is 1.00 bits per heavy atom. The summed E-state index contributed by atoms with van der Waals surface area (Å²) >= 11 is 0. The van der Waals surface area contributed by atoms with Gasteiger partial charge in [-0.05, 0) is 58.3 Å². The molecule has 0 amide bonds. The minimum absolute atomic E-state index is 0.672. The lowest BCUT2D eigenvalue weighted by molar-refractivity contribution is 0.669. The number of furan rings is 1. The van der Waals surface area contributed by atoms with E-state index in [1.807, 2.05) is 12.1 Å². The summed E-state index contributed by atoms with van der Waals surface area (Å²) in [5.41, 5.74) is 11.2. The summed E-state index contributed by atoms with van der Waals surface area (Å²) in [5, 5.41) is 7.88. The second-order valence-electron chi connectivity index (χ2n) is 13.4. The molecular weight excluding hydrogens is 635 g/mol. The summed E-state index contributed by atoms with van der Waals surface area (Å²) in [6.07, 6.45) is 0. The summed E-state index contributed by atoms with van der Waals surface area (Å²) in [6.45, 7) is 0. The molecule has 242 valence electrons. The fourth-order valence-corrected chi connectivity index (χ4v) is 8.02. The first-order valence-corrected chi connectivity index (χ1v) is 17.6. The van der Waals surface area contributed by atoms with Gasteiger partial charge >= 0.3 is 0 Å². The Morgan fingerprint density at radius 1 is 0.404 bits per heavy atom. The molecule has 0 aliphatic heterocycles. The van der Waals surface area contributed by atoms with E-state index in [0.717, 1.165) is 66.1 Å². The van der Waals surface area contributed by atoms with Gasteiger partial charge in [-0.3, -0.25) is 0 Å². The van der Waals surface area contributed by atoms with Crippen LogP contribution < -0.4 is 0 Å². The molecule has 8 aromatic carbocycles. The van der Waals surface area contributed by atoms with Crippen molar-refractivity contribution in [3.8, 4) is 39.5 Å². The molecule has 0 unspecified atom stereocenters. The van der Waals surface area contributed by atoms with Crippen LogP contribution in [0, 0.1) is 0 Å². The monoisotopic (exact) mass is 663 g/mol. The van der Waals surface area contributed by atoms with Crippen molar-refractivity contribution in [1.29, 1.82) is 0 Å². The molecule has 3 aromatic heterocycles.